The smallest absolute Gasteiger partial charge is 0.407 e. The number of pyridine rings is 1. The van der Waals surface area contributed by atoms with Crippen LogP contribution in [0.2, 0.25) is 0 Å². The number of hydrogen-bond acceptors (Lipinski definition) is 6. The van der Waals surface area contributed by atoms with E-state index in [9.17, 15) is 19.8 Å². The van der Waals surface area contributed by atoms with Crippen LogP contribution in [0.1, 0.15) is 39.3 Å². The Labute approximate surface area is 184 Å². The first-order valence-corrected chi connectivity index (χ1v) is 10.1. The molecule has 0 radical (unpaired) electrons. The second kappa shape index (κ2) is 9.17. The SMILES string of the molecule is O=C(NCC(O)C(O)c1cccc(C(=O)O)n1)OCC1c2ccccc2-c2ccccc21. The van der Waals surface area contributed by atoms with Crippen LogP contribution in [0.25, 0.3) is 11.1 Å². The fraction of sp³-hybridized carbons (Fsp3) is 0.208. The number of nitrogens with zero attached hydrogens (tertiary/aromatic N) is 1. The van der Waals surface area contributed by atoms with Gasteiger partial charge in [-0.15, -0.1) is 0 Å². The van der Waals surface area contributed by atoms with Crippen LogP contribution in [-0.2, 0) is 4.74 Å². The lowest BCUT2D eigenvalue weighted by molar-refractivity contribution is 0.0159. The molecule has 1 aliphatic rings. The molecule has 1 aliphatic carbocycles. The third-order valence-electron chi connectivity index (χ3n) is 5.46. The van der Waals surface area contributed by atoms with Crippen LogP contribution < -0.4 is 5.32 Å². The van der Waals surface area contributed by atoms with Crippen LogP contribution in [0.3, 0.4) is 0 Å². The molecule has 4 rings (SSSR count). The summed E-state index contributed by atoms with van der Waals surface area (Å²) in [5, 5.41) is 31.8. The van der Waals surface area contributed by atoms with Gasteiger partial charge in [0.1, 0.15) is 24.5 Å². The molecule has 2 aromatic carbocycles. The number of benzene rings is 2. The van der Waals surface area contributed by atoms with E-state index in [0.29, 0.717) is 0 Å². The van der Waals surface area contributed by atoms with Gasteiger partial charge in [0.05, 0.1) is 5.69 Å². The number of hydrogen-bond donors (Lipinski definition) is 4. The summed E-state index contributed by atoms with van der Waals surface area (Å²) < 4.78 is 5.39. The molecule has 2 unspecified atom stereocenters. The van der Waals surface area contributed by atoms with Crippen molar-refractivity contribution in [3.63, 3.8) is 0 Å². The summed E-state index contributed by atoms with van der Waals surface area (Å²) in [6, 6.07) is 20.0. The number of aliphatic hydroxyl groups is 2. The highest BCUT2D eigenvalue weighted by Gasteiger charge is 2.29. The molecule has 8 heteroatoms. The molecule has 8 nitrogen and oxygen atoms in total. The van der Waals surface area contributed by atoms with Gasteiger partial charge in [0.2, 0.25) is 0 Å². The summed E-state index contributed by atoms with van der Waals surface area (Å²) in [5.74, 6) is -1.34. The summed E-state index contributed by atoms with van der Waals surface area (Å²) in [5.41, 5.74) is 4.14. The quantitative estimate of drug-likeness (QED) is 0.450. The molecule has 0 saturated carbocycles. The minimum Gasteiger partial charge on any atom is -0.477 e. The van der Waals surface area contributed by atoms with Gasteiger partial charge in [-0.2, -0.15) is 0 Å². The standard InChI is InChI=1S/C24H22N2O6/c27-21(22(28)19-10-5-11-20(26-19)23(29)30)12-25-24(31)32-13-18-16-8-3-1-6-14(16)15-7-2-4-9-17(15)18/h1-11,18,21-22,27-28H,12-13H2,(H,25,31)(H,29,30). The molecular formula is C24H22N2O6. The van der Waals surface area contributed by atoms with E-state index < -0.39 is 24.3 Å². The maximum atomic E-state index is 12.2. The number of nitrogens with one attached hydrogen (secondary N) is 1. The van der Waals surface area contributed by atoms with E-state index in [1.54, 1.807) is 0 Å². The number of aliphatic hydroxyl groups excluding tert-OH is 2. The predicted octanol–water partition coefficient (Wildman–Crippen LogP) is 2.71. The summed E-state index contributed by atoms with van der Waals surface area (Å²) in [6.45, 7) is -0.169. The van der Waals surface area contributed by atoms with E-state index in [-0.39, 0.29) is 30.5 Å². The highest BCUT2D eigenvalue weighted by Crippen LogP contribution is 2.44. The summed E-state index contributed by atoms with van der Waals surface area (Å²) in [7, 11) is 0. The van der Waals surface area contributed by atoms with Crippen molar-refractivity contribution >= 4 is 12.1 Å². The van der Waals surface area contributed by atoms with Crippen molar-refractivity contribution in [1.82, 2.24) is 10.3 Å². The first-order chi connectivity index (χ1) is 15.5. The number of amides is 1. The Morgan fingerprint density at radius 1 is 0.938 bits per heavy atom. The number of ether oxygens (including phenoxy) is 1. The molecule has 2 atom stereocenters. The number of rotatable bonds is 7. The number of carbonyl (C=O) groups excluding carboxylic acids is 1. The van der Waals surface area contributed by atoms with E-state index >= 15 is 0 Å². The summed E-state index contributed by atoms with van der Waals surface area (Å²) in [4.78, 5) is 27.0. The Morgan fingerprint density at radius 3 is 2.19 bits per heavy atom. The second-order valence-corrected chi connectivity index (χ2v) is 7.47. The normalized spacial score (nSPS) is 14.2. The zero-order valence-electron chi connectivity index (χ0n) is 17.0. The molecule has 3 aromatic rings. The van der Waals surface area contributed by atoms with Crippen LogP contribution >= 0.6 is 0 Å². The summed E-state index contributed by atoms with van der Waals surface area (Å²) in [6.07, 6.45) is -3.60. The van der Waals surface area contributed by atoms with Gasteiger partial charge in [-0.25, -0.2) is 14.6 Å². The summed E-state index contributed by atoms with van der Waals surface area (Å²) >= 11 is 0. The second-order valence-electron chi connectivity index (χ2n) is 7.47. The van der Waals surface area contributed by atoms with Gasteiger partial charge in [-0.05, 0) is 34.4 Å². The van der Waals surface area contributed by atoms with Crippen LogP contribution in [0.5, 0.6) is 0 Å². The van der Waals surface area contributed by atoms with E-state index in [0.717, 1.165) is 22.3 Å². The van der Waals surface area contributed by atoms with Gasteiger partial charge >= 0.3 is 12.1 Å². The lowest BCUT2D eigenvalue weighted by Gasteiger charge is -2.19. The highest BCUT2D eigenvalue weighted by molar-refractivity contribution is 5.85. The van der Waals surface area contributed by atoms with E-state index in [1.807, 2.05) is 48.5 Å². The number of fused-ring (bicyclic) bond motifs is 3. The molecular weight excluding hydrogens is 412 g/mol. The Bertz CT molecular complexity index is 1100. The number of carbonyl (C=O) groups is 2. The van der Waals surface area contributed by atoms with Gasteiger partial charge in [0.15, 0.2) is 0 Å². The minimum atomic E-state index is -1.47. The van der Waals surface area contributed by atoms with Crippen LogP contribution in [0, 0.1) is 0 Å². The maximum absolute atomic E-state index is 12.2. The largest absolute Gasteiger partial charge is 0.477 e. The fourth-order valence-electron chi connectivity index (χ4n) is 3.88. The number of carboxylic acid groups (broad SMARTS) is 1. The minimum absolute atomic E-state index is 0.00765. The predicted molar refractivity (Wildman–Crippen MR) is 115 cm³/mol. The van der Waals surface area contributed by atoms with Gasteiger partial charge < -0.3 is 25.4 Å². The van der Waals surface area contributed by atoms with Gasteiger partial charge in [-0.3, -0.25) is 0 Å². The van der Waals surface area contributed by atoms with Crippen molar-refractivity contribution in [1.29, 1.82) is 0 Å². The highest BCUT2D eigenvalue weighted by atomic mass is 16.5. The van der Waals surface area contributed by atoms with Crippen LogP contribution in [-0.4, -0.2) is 51.6 Å². The van der Waals surface area contributed by atoms with Crippen molar-refractivity contribution in [2.75, 3.05) is 13.2 Å². The van der Waals surface area contributed by atoms with Gasteiger partial charge in [-0.1, -0.05) is 54.6 Å². The van der Waals surface area contributed by atoms with E-state index in [2.05, 4.69) is 10.3 Å². The maximum Gasteiger partial charge on any atom is 0.407 e. The third kappa shape index (κ3) is 4.32. The van der Waals surface area contributed by atoms with Crippen LogP contribution in [0.4, 0.5) is 4.79 Å². The molecule has 0 fully saturated rings. The van der Waals surface area contributed by atoms with Crippen LogP contribution in [0.15, 0.2) is 66.7 Å². The number of aromatic nitrogens is 1. The number of carboxylic acids is 1. The fourth-order valence-corrected chi connectivity index (χ4v) is 3.88. The van der Waals surface area contributed by atoms with Crippen molar-refractivity contribution in [2.45, 2.75) is 18.1 Å². The third-order valence-corrected chi connectivity index (χ3v) is 5.46. The van der Waals surface area contributed by atoms with Crippen molar-refractivity contribution < 1.29 is 29.6 Å². The molecule has 0 bridgehead atoms. The number of aromatic carboxylic acids is 1. The molecule has 1 amide bonds. The van der Waals surface area contributed by atoms with Gasteiger partial charge in [0.25, 0.3) is 0 Å². The number of alkyl carbamates (subject to hydrolysis) is 1. The molecule has 0 spiro atoms. The Hall–Kier alpha value is -3.75. The Kier molecular flexibility index (Phi) is 6.16. The monoisotopic (exact) mass is 434 g/mol. The lowest BCUT2D eigenvalue weighted by Crippen LogP contribution is -2.36. The lowest BCUT2D eigenvalue weighted by atomic mass is 9.98. The van der Waals surface area contributed by atoms with E-state index in [1.165, 1.54) is 18.2 Å². The molecule has 0 aliphatic heterocycles. The molecule has 1 heterocycles. The van der Waals surface area contributed by atoms with E-state index in [4.69, 9.17) is 9.84 Å². The first kappa shape index (κ1) is 21.5. The molecule has 32 heavy (non-hydrogen) atoms. The molecule has 164 valence electrons. The van der Waals surface area contributed by atoms with Crippen molar-refractivity contribution in [3.8, 4) is 11.1 Å². The zero-order chi connectivity index (χ0) is 22.7. The van der Waals surface area contributed by atoms with Crippen molar-refractivity contribution in [3.05, 3.63) is 89.2 Å². The zero-order valence-corrected chi connectivity index (χ0v) is 17.0. The Balaban J connectivity index is 1.34. The van der Waals surface area contributed by atoms with Gasteiger partial charge in [0, 0.05) is 12.5 Å². The molecule has 0 saturated heterocycles. The Morgan fingerprint density at radius 2 is 1.56 bits per heavy atom. The topological polar surface area (TPSA) is 129 Å². The molecule has 1 aromatic heterocycles. The average molecular weight is 434 g/mol. The average Bonchev–Trinajstić information content (AvgIpc) is 3.14. The molecule has 4 N–H and O–H groups in total. The van der Waals surface area contributed by atoms with Crippen molar-refractivity contribution in [2.24, 2.45) is 0 Å². The first-order valence-electron chi connectivity index (χ1n) is 10.1.